The summed E-state index contributed by atoms with van der Waals surface area (Å²) in [6.07, 6.45) is 2.11. The van der Waals surface area contributed by atoms with Gasteiger partial charge in [0.15, 0.2) is 0 Å². The summed E-state index contributed by atoms with van der Waals surface area (Å²) in [5.74, 6) is 0. The van der Waals surface area contributed by atoms with Gasteiger partial charge in [-0.25, -0.2) is 4.79 Å². The number of amides is 1. The smallest absolute Gasteiger partial charge is 0.408 e. The molecule has 0 aromatic rings. The van der Waals surface area contributed by atoms with Crippen LogP contribution in [-0.4, -0.2) is 25.0 Å². The van der Waals surface area contributed by atoms with Gasteiger partial charge in [-0.15, -0.1) is 0 Å². The van der Waals surface area contributed by atoms with Gasteiger partial charge in [0, 0.05) is 0 Å². The van der Waals surface area contributed by atoms with E-state index in [1.165, 1.54) is 6.08 Å². The molecular formula is C8H13NO3. The second-order valence-corrected chi connectivity index (χ2v) is 2.18. The van der Waals surface area contributed by atoms with Gasteiger partial charge in [0.25, 0.3) is 0 Å². The van der Waals surface area contributed by atoms with E-state index in [1.807, 2.05) is 0 Å². The SMILES string of the molecule is C=CCOC(=O)N[C@H](C=O)CC. The highest BCUT2D eigenvalue weighted by Gasteiger charge is 2.08. The van der Waals surface area contributed by atoms with Crippen LogP contribution in [0.1, 0.15) is 13.3 Å². The lowest BCUT2D eigenvalue weighted by atomic mass is 10.3. The monoisotopic (exact) mass is 171 g/mol. The fourth-order valence-electron chi connectivity index (χ4n) is 0.560. The quantitative estimate of drug-likeness (QED) is 0.493. The first-order chi connectivity index (χ1) is 5.74. The molecule has 0 fully saturated rings. The molecule has 0 aliphatic rings. The van der Waals surface area contributed by atoms with Crippen LogP contribution in [0.4, 0.5) is 4.79 Å². The van der Waals surface area contributed by atoms with Gasteiger partial charge in [0.2, 0.25) is 0 Å². The molecule has 4 nitrogen and oxygen atoms in total. The standard InChI is InChI=1S/C8H13NO3/c1-3-5-12-8(11)9-7(4-2)6-10/h3,6-7H,1,4-5H2,2H3,(H,9,11)/t7-/m0/s1. The van der Waals surface area contributed by atoms with Crippen molar-refractivity contribution in [2.24, 2.45) is 0 Å². The summed E-state index contributed by atoms with van der Waals surface area (Å²) < 4.78 is 4.60. The molecule has 1 N–H and O–H groups in total. The van der Waals surface area contributed by atoms with Crippen molar-refractivity contribution in [3.63, 3.8) is 0 Å². The molecular weight excluding hydrogens is 158 g/mol. The van der Waals surface area contributed by atoms with Gasteiger partial charge in [0.05, 0.1) is 6.04 Å². The van der Waals surface area contributed by atoms with Gasteiger partial charge < -0.3 is 14.8 Å². The first kappa shape index (κ1) is 10.7. The lowest BCUT2D eigenvalue weighted by molar-refractivity contribution is -0.109. The van der Waals surface area contributed by atoms with E-state index < -0.39 is 12.1 Å². The third kappa shape index (κ3) is 4.49. The second-order valence-electron chi connectivity index (χ2n) is 2.18. The number of carbonyl (C=O) groups is 2. The third-order valence-electron chi connectivity index (χ3n) is 1.24. The Morgan fingerprint density at radius 1 is 1.75 bits per heavy atom. The number of rotatable bonds is 5. The molecule has 1 atom stereocenters. The van der Waals surface area contributed by atoms with Crippen molar-refractivity contribution in [1.82, 2.24) is 5.32 Å². The molecule has 1 amide bonds. The van der Waals surface area contributed by atoms with Crippen LogP contribution in [0, 0.1) is 0 Å². The summed E-state index contributed by atoms with van der Waals surface area (Å²) in [5.41, 5.74) is 0. The van der Waals surface area contributed by atoms with E-state index in [9.17, 15) is 9.59 Å². The molecule has 0 saturated carbocycles. The third-order valence-corrected chi connectivity index (χ3v) is 1.24. The van der Waals surface area contributed by atoms with Crippen LogP contribution in [0.3, 0.4) is 0 Å². The minimum absolute atomic E-state index is 0.154. The molecule has 0 spiro atoms. The summed E-state index contributed by atoms with van der Waals surface area (Å²) in [6, 6.07) is -0.456. The number of hydrogen-bond acceptors (Lipinski definition) is 3. The number of nitrogens with one attached hydrogen (secondary N) is 1. The summed E-state index contributed by atoms with van der Waals surface area (Å²) >= 11 is 0. The highest BCUT2D eigenvalue weighted by atomic mass is 16.5. The normalized spacial score (nSPS) is 11.4. The number of carbonyl (C=O) groups excluding carboxylic acids is 2. The Morgan fingerprint density at radius 3 is 2.83 bits per heavy atom. The van der Waals surface area contributed by atoms with Crippen LogP contribution in [0.2, 0.25) is 0 Å². The maximum absolute atomic E-state index is 10.8. The summed E-state index contributed by atoms with van der Waals surface area (Å²) in [4.78, 5) is 21.0. The molecule has 0 heterocycles. The first-order valence-electron chi connectivity index (χ1n) is 3.74. The lowest BCUT2D eigenvalue weighted by Gasteiger charge is -2.09. The summed E-state index contributed by atoms with van der Waals surface area (Å²) in [5, 5.41) is 2.37. The number of alkyl carbamates (subject to hydrolysis) is 1. The van der Waals surface area contributed by atoms with Crippen LogP contribution in [0.25, 0.3) is 0 Å². The fraction of sp³-hybridized carbons (Fsp3) is 0.500. The Morgan fingerprint density at radius 2 is 2.42 bits per heavy atom. The van der Waals surface area contributed by atoms with Crippen molar-refractivity contribution in [3.05, 3.63) is 12.7 Å². The minimum Gasteiger partial charge on any atom is -0.445 e. The first-order valence-corrected chi connectivity index (χ1v) is 3.74. The molecule has 0 aliphatic carbocycles. The Bertz CT molecular complexity index is 168. The molecule has 0 bridgehead atoms. The molecule has 0 radical (unpaired) electrons. The molecule has 0 aliphatic heterocycles. The van der Waals surface area contributed by atoms with Gasteiger partial charge >= 0.3 is 6.09 Å². The van der Waals surface area contributed by atoms with Crippen LogP contribution in [0.15, 0.2) is 12.7 Å². The molecule has 0 saturated heterocycles. The average molecular weight is 171 g/mol. The highest BCUT2D eigenvalue weighted by molar-refractivity contribution is 5.72. The minimum atomic E-state index is -0.589. The van der Waals surface area contributed by atoms with E-state index in [2.05, 4.69) is 16.6 Å². The van der Waals surface area contributed by atoms with Crippen LogP contribution in [-0.2, 0) is 9.53 Å². The van der Waals surface area contributed by atoms with Gasteiger partial charge in [-0.2, -0.15) is 0 Å². The van der Waals surface area contributed by atoms with E-state index in [4.69, 9.17) is 0 Å². The van der Waals surface area contributed by atoms with Crippen molar-refractivity contribution in [3.8, 4) is 0 Å². The van der Waals surface area contributed by atoms with E-state index >= 15 is 0 Å². The molecule has 4 heteroatoms. The Labute approximate surface area is 71.6 Å². The van der Waals surface area contributed by atoms with E-state index in [-0.39, 0.29) is 6.61 Å². The second kappa shape index (κ2) is 6.39. The van der Waals surface area contributed by atoms with Crippen LogP contribution in [0.5, 0.6) is 0 Å². The maximum Gasteiger partial charge on any atom is 0.408 e. The maximum atomic E-state index is 10.8. The molecule has 68 valence electrons. The Hall–Kier alpha value is -1.32. The summed E-state index contributed by atoms with van der Waals surface area (Å²) in [7, 11) is 0. The van der Waals surface area contributed by atoms with Gasteiger partial charge in [-0.05, 0) is 6.42 Å². The molecule has 0 rings (SSSR count). The molecule has 0 unspecified atom stereocenters. The van der Waals surface area contributed by atoms with Crippen molar-refractivity contribution < 1.29 is 14.3 Å². The number of hydrogen-bond donors (Lipinski definition) is 1. The zero-order valence-corrected chi connectivity index (χ0v) is 7.08. The number of ether oxygens (including phenoxy) is 1. The number of aldehydes is 1. The van der Waals surface area contributed by atoms with E-state index in [0.29, 0.717) is 12.7 Å². The summed E-state index contributed by atoms with van der Waals surface area (Å²) in [6.45, 7) is 5.33. The van der Waals surface area contributed by atoms with Crippen molar-refractivity contribution in [2.75, 3.05) is 6.61 Å². The molecule has 12 heavy (non-hydrogen) atoms. The van der Waals surface area contributed by atoms with Gasteiger partial charge in [-0.3, -0.25) is 0 Å². The molecule has 0 aromatic carbocycles. The van der Waals surface area contributed by atoms with Gasteiger partial charge in [0.1, 0.15) is 12.9 Å². The zero-order valence-electron chi connectivity index (χ0n) is 7.08. The lowest BCUT2D eigenvalue weighted by Crippen LogP contribution is -2.35. The van der Waals surface area contributed by atoms with Crippen molar-refractivity contribution in [2.45, 2.75) is 19.4 Å². The Kier molecular flexibility index (Phi) is 5.69. The van der Waals surface area contributed by atoms with Crippen molar-refractivity contribution in [1.29, 1.82) is 0 Å². The van der Waals surface area contributed by atoms with Gasteiger partial charge in [-0.1, -0.05) is 19.6 Å². The Balaban J connectivity index is 3.65. The highest BCUT2D eigenvalue weighted by Crippen LogP contribution is 1.87. The zero-order chi connectivity index (χ0) is 9.40. The van der Waals surface area contributed by atoms with Crippen LogP contribution >= 0.6 is 0 Å². The largest absolute Gasteiger partial charge is 0.445 e. The van der Waals surface area contributed by atoms with E-state index in [0.717, 1.165) is 0 Å². The topological polar surface area (TPSA) is 55.4 Å². The van der Waals surface area contributed by atoms with E-state index in [1.54, 1.807) is 6.92 Å². The molecule has 0 aromatic heterocycles. The van der Waals surface area contributed by atoms with Crippen LogP contribution < -0.4 is 5.32 Å². The average Bonchev–Trinajstić information content (AvgIpc) is 2.10. The fourth-order valence-corrected chi connectivity index (χ4v) is 0.560. The predicted octanol–water partition coefficient (Wildman–Crippen LogP) is 0.876. The predicted molar refractivity (Wildman–Crippen MR) is 44.8 cm³/mol. The van der Waals surface area contributed by atoms with Crippen molar-refractivity contribution >= 4 is 12.4 Å².